The molecule has 3 aromatic rings. The molecule has 0 amide bonds. The van der Waals surface area contributed by atoms with E-state index in [1.54, 1.807) is 4.90 Å². The van der Waals surface area contributed by atoms with Crippen molar-refractivity contribution in [2.45, 2.75) is 51.1 Å². The second-order valence-corrected chi connectivity index (χ2v) is 12.2. The van der Waals surface area contributed by atoms with Crippen molar-refractivity contribution in [3.63, 3.8) is 0 Å². The van der Waals surface area contributed by atoms with E-state index in [2.05, 4.69) is 25.2 Å². The maximum absolute atomic E-state index is 15.7. The summed E-state index contributed by atoms with van der Waals surface area (Å²) in [6.07, 6.45) is -1.88. The van der Waals surface area contributed by atoms with Gasteiger partial charge in [-0.05, 0) is 38.0 Å². The number of carbonyl (C=O) groups is 1. The monoisotopic (exact) mass is 642 g/mol. The third-order valence-electron chi connectivity index (χ3n) is 7.70. The predicted octanol–water partition coefficient (Wildman–Crippen LogP) is 5.02. The molecule has 4 heterocycles. The van der Waals surface area contributed by atoms with Crippen LogP contribution in [-0.2, 0) is 17.5 Å². The van der Waals surface area contributed by atoms with E-state index in [0.717, 1.165) is 25.0 Å². The number of nitrogens with zero attached hydrogens (tertiary/aromatic N) is 6. The van der Waals surface area contributed by atoms with E-state index >= 15 is 4.39 Å². The van der Waals surface area contributed by atoms with Crippen LogP contribution < -0.4 is 16.0 Å². The number of piperazine rings is 1. The highest BCUT2D eigenvalue weighted by atomic mass is 35.5. The Balaban J connectivity index is 1.42. The van der Waals surface area contributed by atoms with Crippen LogP contribution in [0.1, 0.15) is 36.6 Å². The first-order valence-corrected chi connectivity index (χ1v) is 14.9. The number of anilines is 3. The van der Waals surface area contributed by atoms with Crippen molar-refractivity contribution in [1.82, 2.24) is 24.8 Å². The topological polar surface area (TPSA) is 124 Å². The fourth-order valence-corrected chi connectivity index (χ4v) is 6.57. The highest BCUT2D eigenvalue weighted by Gasteiger charge is 2.33. The molecular formula is C27H31ClF4N8O2S. The number of hydrogen-bond donors (Lipinski definition) is 3. The smallest absolute Gasteiger partial charge is 0.416 e. The lowest BCUT2D eigenvalue weighted by atomic mass is 10.1. The average Bonchev–Trinajstić information content (AvgIpc) is 3.50. The normalized spacial score (nSPS) is 20.1. The first-order valence-electron chi connectivity index (χ1n) is 13.7. The second kappa shape index (κ2) is 12.9. The lowest BCUT2D eigenvalue weighted by Gasteiger charge is -2.35. The quantitative estimate of drug-likeness (QED) is 0.274. The minimum absolute atomic E-state index is 0.0308. The number of aliphatic carboxylic acids is 1. The van der Waals surface area contributed by atoms with Gasteiger partial charge < -0.3 is 21.1 Å². The number of alkyl halides is 3. The Morgan fingerprint density at radius 2 is 1.93 bits per heavy atom. The first-order chi connectivity index (χ1) is 20.4. The van der Waals surface area contributed by atoms with Gasteiger partial charge in [0.15, 0.2) is 16.8 Å². The summed E-state index contributed by atoms with van der Waals surface area (Å²) in [5, 5.41) is 12.0. The minimum atomic E-state index is -4.61. The largest absolute Gasteiger partial charge is 0.481 e. The van der Waals surface area contributed by atoms with Crippen LogP contribution >= 0.6 is 22.9 Å². The van der Waals surface area contributed by atoms with Crippen LogP contribution in [-0.4, -0.2) is 80.8 Å². The lowest BCUT2D eigenvalue weighted by Crippen LogP contribution is -2.47. The molecule has 0 unspecified atom stereocenters. The van der Waals surface area contributed by atoms with Gasteiger partial charge in [-0.25, -0.2) is 15.0 Å². The third-order valence-corrected chi connectivity index (χ3v) is 8.88. The van der Waals surface area contributed by atoms with E-state index in [1.807, 2.05) is 11.8 Å². The van der Waals surface area contributed by atoms with Crippen LogP contribution in [0.3, 0.4) is 0 Å². The number of carboxylic acids is 1. The molecule has 2 saturated heterocycles. The summed E-state index contributed by atoms with van der Waals surface area (Å²) < 4.78 is 56.5. The Morgan fingerprint density at radius 1 is 1.19 bits per heavy atom. The number of thiazole rings is 1. The van der Waals surface area contributed by atoms with E-state index in [-0.39, 0.29) is 46.0 Å². The van der Waals surface area contributed by atoms with Crippen LogP contribution in [0, 0.1) is 5.82 Å². The fraction of sp³-hybridized carbons (Fsp3) is 0.481. The molecule has 0 radical (unpaired) electrons. The number of halogens is 5. The zero-order chi connectivity index (χ0) is 30.9. The number of likely N-dealkylation sites (tertiary alicyclic amines) is 1. The summed E-state index contributed by atoms with van der Waals surface area (Å²) >= 11 is 7.27. The molecule has 232 valence electrons. The van der Waals surface area contributed by atoms with Crippen LogP contribution in [0.25, 0.3) is 11.3 Å². The van der Waals surface area contributed by atoms with Crippen molar-refractivity contribution in [1.29, 1.82) is 0 Å². The molecular weight excluding hydrogens is 612 g/mol. The summed E-state index contributed by atoms with van der Waals surface area (Å²) in [5.74, 6) is -1.60. The van der Waals surface area contributed by atoms with E-state index in [4.69, 9.17) is 22.4 Å². The van der Waals surface area contributed by atoms with E-state index < -0.39 is 23.5 Å². The Hall–Kier alpha value is -3.11. The van der Waals surface area contributed by atoms with Gasteiger partial charge in [0.2, 0.25) is 5.82 Å². The highest BCUT2D eigenvalue weighted by Crippen LogP contribution is 2.40. The van der Waals surface area contributed by atoms with Gasteiger partial charge in [0.25, 0.3) is 0 Å². The van der Waals surface area contributed by atoms with Crippen molar-refractivity contribution < 1.29 is 27.5 Å². The molecule has 1 aromatic carbocycles. The van der Waals surface area contributed by atoms with Gasteiger partial charge >= 0.3 is 12.1 Å². The van der Waals surface area contributed by atoms with Crippen LogP contribution in [0.5, 0.6) is 0 Å². The SMILES string of the molecule is C[C@@H]1CC[C@@H](N)N1Cc1sc(Nc2ncnc(N3CCN(CCC(=O)O)CC3)c2F)nc1-c1cc(Cl)cc(C(F)(F)F)c1. The lowest BCUT2D eigenvalue weighted by molar-refractivity contribution is -0.138. The summed E-state index contributed by atoms with van der Waals surface area (Å²) in [4.78, 5) is 30.1. The number of carboxylic acid groups (broad SMARTS) is 1. The molecule has 5 rings (SSSR count). The number of hydrogen-bond acceptors (Lipinski definition) is 10. The number of nitrogens with two attached hydrogens (primary N) is 1. The molecule has 0 spiro atoms. The number of rotatable bonds is 9. The Bertz CT molecular complexity index is 1460. The number of aromatic nitrogens is 3. The van der Waals surface area contributed by atoms with Crippen molar-refractivity contribution >= 4 is 45.7 Å². The molecule has 2 atom stereocenters. The molecule has 43 heavy (non-hydrogen) atoms. The predicted molar refractivity (Wildman–Crippen MR) is 156 cm³/mol. The van der Waals surface area contributed by atoms with Crippen molar-refractivity contribution in [3.05, 3.63) is 45.8 Å². The van der Waals surface area contributed by atoms with Crippen LogP contribution in [0.15, 0.2) is 24.5 Å². The maximum atomic E-state index is 15.7. The van der Waals surface area contributed by atoms with E-state index in [9.17, 15) is 18.0 Å². The number of benzene rings is 1. The first kappa shape index (κ1) is 31.3. The Labute approximate surface area is 254 Å². The molecule has 0 bridgehead atoms. The van der Waals surface area contributed by atoms with Crippen molar-refractivity contribution in [2.75, 3.05) is 42.9 Å². The van der Waals surface area contributed by atoms with Gasteiger partial charge in [-0.2, -0.15) is 17.6 Å². The molecule has 2 aliphatic rings. The van der Waals surface area contributed by atoms with Gasteiger partial charge in [0.05, 0.1) is 23.8 Å². The van der Waals surface area contributed by atoms with Crippen molar-refractivity contribution in [2.24, 2.45) is 5.73 Å². The van der Waals surface area contributed by atoms with Crippen LogP contribution in [0.2, 0.25) is 5.02 Å². The average molecular weight is 643 g/mol. The summed E-state index contributed by atoms with van der Waals surface area (Å²) in [6.45, 7) is 4.79. The standard InChI is InChI=1S/C27H31ClF4N8O2S/c1-15-2-3-20(33)40(15)13-19-23(16-10-17(27(30,31)32)12-18(28)11-16)36-26(43-19)37-24-22(29)25(35-14-34-24)39-8-6-38(7-9-39)5-4-21(41)42/h10-12,14-15,20H,2-9,13,33H2,1H3,(H,41,42)(H,34,35,36,37)/t15-,20+/m1/s1. The Morgan fingerprint density at radius 3 is 2.58 bits per heavy atom. The van der Waals surface area contributed by atoms with Gasteiger partial charge in [-0.1, -0.05) is 22.9 Å². The van der Waals surface area contributed by atoms with Gasteiger partial charge in [-0.15, -0.1) is 0 Å². The van der Waals surface area contributed by atoms with Crippen LogP contribution in [0.4, 0.5) is 34.3 Å². The molecule has 2 fully saturated rings. The Kier molecular flexibility index (Phi) is 9.37. The zero-order valence-corrected chi connectivity index (χ0v) is 24.8. The molecule has 16 heteroatoms. The highest BCUT2D eigenvalue weighted by molar-refractivity contribution is 7.16. The second-order valence-electron chi connectivity index (χ2n) is 10.6. The fourth-order valence-electron chi connectivity index (χ4n) is 5.34. The molecule has 2 aromatic heterocycles. The van der Waals surface area contributed by atoms with Gasteiger partial charge in [-0.3, -0.25) is 14.6 Å². The maximum Gasteiger partial charge on any atom is 0.416 e. The van der Waals surface area contributed by atoms with Crippen molar-refractivity contribution in [3.8, 4) is 11.3 Å². The zero-order valence-electron chi connectivity index (χ0n) is 23.2. The van der Waals surface area contributed by atoms with E-state index in [0.29, 0.717) is 49.8 Å². The summed E-state index contributed by atoms with van der Waals surface area (Å²) in [6, 6.07) is 3.45. The molecule has 10 nitrogen and oxygen atoms in total. The third kappa shape index (κ3) is 7.34. The summed E-state index contributed by atoms with van der Waals surface area (Å²) in [5.41, 5.74) is 5.89. The summed E-state index contributed by atoms with van der Waals surface area (Å²) in [7, 11) is 0. The minimum Gasteiger partial charge on any atom is -0.481 e. The van der Waals surface area contributed by atoms with E-state index in [1.165, 1.54) is 23.7 Å². The molecule has 0 aliphatic carbocycles. The van der Waals surface area contributed by atoms with Gasteiger partial charge in [0, 0.05) is 60.8 Å². The number of nitrogens with one attached hydrogen (secondary N) is 1. The molecule has 4 N–H and O–H groups in total. The molecule has 2 aliphatic heterocycles. The molecule has 0 saturated carbocycles. The van der Waals surface area contributed by atoms with Gasteiger partial charge in [0.1, 0.15) is 6.33 Å².